The van der Waals surface area contributed by atoms with Crippen molar-refractivity contribution in [2.45, 2.75) is 19.4 Å². The Balaban J connectivity index is 2.29. The Hall–Kier alpha value is -1.24. The molecule has 19 heavy (non-hydrogen) atoms. The Bertz CT molecular complexity index is 582. The van der Waals surface area contributed by atoms with Crippen LogP contribution in [0.5, 0.6) is 0 Å². The van der Waals surface area contributed by atoms with Crippen molar-refractivity contribution in [3.05, 3.63) is 51.5 Å². The van der Waals surface area contributed by atoms with Crippen LogP contribution in [0.2, 0.25) is 0 Å². The van der Waals surface area contributed by atoms with Crippen molar-refractivity contribution in [1.82, 2.24) is 15.2 Å². The Labute approximate surface area is 119 Å². The number of hydrazine groups is 1. The second kappa shape index (κ2) is 5.81. The highest BCUT2D eigenvalue weighted by Crippen LogP contribution is 2.24. The van der Waals surface area contributed by atoms with Gasteiger partial charge in [0, 0.05) is 22.8 Å². The Morgan fingerprint density at radius 1 is 1.53 bits per heavy atom. The molecule has 1 atom stereocenters. The summed E-state index contributed by atoms with van der Waals surface area (Å²) in [5.74, 6) is 5.37. The van der Waals surface area contributed by atoms with Gasteiger partial charge in [0.15, 0.2) is 0 Å². The minimum absolute atomic E-state index is 0.169. The van der Waals surface area contributed by atoms with E-state index in [9.17, 15) is 4.39 Å². The predicted molar refractivity (Wildman–Crippen MR) is 75.8 cm³/mol. The smallest absolute Gasteiger partial charge is 0.126 e. The number of hydrogen-bond acceptors (Lipinski definition) is 3. The van der Waals surface area contributed by atoms with Crippen LogP contribution in [0.25, 0.3) is 0 Å². The molecule has 0 bridgehead atoms. The number of hydrogen-bond donors (Lipinski definition) is 2. The molecule has 0 saturated heterocycles. The number of nitrogens with zero attached hydrogens (tertiary/aromatic N) is 2. The quantitative estimate of drug-likeness (QED) is 0.670. The average Bonchev–Trinajstić information content (AvgIpc) is 2.71. The molecule has 102 valence electrons. The zero-order chi connectivity index (χ0) is 14.0. The van der Waals surface area contributed by atoms with Gasteiger partial charge in [0.2, 0.25) is 0 Å². The third-order valence-corrected chi connectivity index (χ3v) is 3.77. The molecule has 2 rings (SSSR count). The molecule has 6 heteroatoms. The standard InChI is InChI=1S/C13H16BrFN4/c1-8-11(7-17-19(8)2)13(18-16)6-9-5-10(14)3-4-12(9)15/h3-5,7,13,18H,6,16H2,1-2H3. The summed E-state index contributed by atoms with van der Waals surface area (Å²) in [7, 11) is 1.87. The lowest BCUT2D eigenvalue weighted by molar-refractivity contribution is 0.526. The van der Waals surface area contributed by atoms with Gasteiger partial charge in [0.1, 0.15) is 5.82 Å². The molecule has 0 aliphatic rings. The first-order chi connectivity index (χ1) is 9.02. The van der Waals surface area contributed by atoms with Crippen LogP contribution in [0.3, 0.4) is 0 Å². The van der Waals surface area contributed by atoms with Gasteiger partial charge in [-0.3, -0.25) is 16.0 Å². The van der Waals surface area contributed by atoms with E-state index in [2.05, 4.69) is 26.5 Å². The van der Waals surface area contributed by atoms with Crippen molar-refractivity contribution in [1.29, 1.82) is 0 Å². The van der Waals surface area contributed by atoms with E-state index in [1.165, 1.54) is 6.07 Å². The molecule has 0 saturated carbocycles. The fourth-order valence-corrected chi connectivity index (χ4v) is 2.44. The van der Waals surface area contributed by atoms with Crippen molar-refractivity contribution >= 4 is 15.9 Å². The first-order valence-electron chi connectivity index (χ1n) is 5.91. The number of nitrogens with one attached hydrogen (secondary N) is 1. The van der Waals surface area contributed by atoms with Gasteiger partial charge in [-0.2, -0.15) is 5.10 Å². The molecular formula is C13H16BrFN4. The second-order valence-corrected chi connectivity index (χ2v) is 5.38. The largest absolute Gasteiger partial charge is 0.273 e. The third kappa shape index (κ3) is 3.02. The number of aromatic nitrogens is 2. The van der Waals surface area contributed by atoms with Crippen molar-refractivity contribution in [3.8, 4) is 0 Å². The molecule has 0 radical (unpaired) electrons. The van der Waals surface area contributed by atoms with Gasteiger partial charge in [0.05, 0.1) is 12.2 Å². The van der Waals surface area contributed by atoms with Gasteiger partial charge in [-0.1, -0.05) is 15.9 Å². The van der Waals surface area contributed by atoms with Crippen LogP contribution in [0.1, 0.15) is 22.9 Å². The highest BCUT2D eigenvalue weighted by Gasteiger charge is 2.17. The van der Waals surface area contributed by atoms with Crippen LogP contribution in [-0.2, 0) is 13.5 Å². The molecule has 0 aliphatic heterocycles. The number of benzene rings is 1. The summed E-state index contributed by atoms with van der Waals surface area (Å²) in [6.07, 6.45) is 2.23. The van der Waals surface area contributed by atoms with Crippen LogP contribution < -0.4 is 11.3 Å². The van der Waals surface area contributed by atoms with E-state index in [0.29, 0.717) is 12.0 Å². The lowest BCUT2D eigenvalue weighted by atomic mass is 10.00. The zero-order valence-corrected chi connectivity index (χ0v) is 12.4. The number of halogens is 2. The van der Waals surface area contributed by atoms with Crippen LogP contribution in [0.15, 0.2) is 28.9 Å². The Morgan fingerprint density at radius 2 is 2.26 bits per heavy atom. The summed E-state index contributed by atoms with van der Waals surface area (Å²) in [6.45, 7) is 1.96. The van der Waals surface area contributed by atoms with Crippen molar-refractivity contribution < 1.29 is 4.39 Å². The van der Waals surface area contributed by atoms with Gasteiger partial charge < -0.3 is 0 Å². The molecule has 0 spiro atoms. The minimum Gasteiger partial charge on any atom is -0.273 e. The number of nitrogens with two attached hydrogens (primary N) is 1. The number of rotatable bonds is 4. The first kappa shape index (κ1) is 14.2. The van der Waals surface area contributed by atoms with Gasteiger partial charge >= 0.3 is 0 Å². The summed E-state index contributed by atoms with van der Waals surface area (Å²) in [6, 6.07) is 4.73. The fourth-order valence-electron chi connectivity index (χ4n) is 2.04. The summed E-state index contributed by atoms with van der Waals surface area (Å²) in [4.78, 5) is 0. The molecule has 1 unspecified atom stereocenters. The molecule has 0 amide bonds. The molecule has 1 heterocycles. The van der Waals surface area contributed by atoms with Crippen LogP contribution >= 0.6 is 15.9 Å². The van der Waals surface area contributed by atoms with Gasteiger partial charge in [-0.15, -0.1) is 0 Å². The topological polar surface area (TPSA) is 55.9 Å². The fraction of sp³-hybridized carbons (Fsp3) is 0.308. The van der Waals surface area contributed by atoms with Crippen molar-refractivity contribution in [3.63, 3.8) is 0 Å². The van der Waals surface area contributed by atoms with E-state index >= 15 is 0 Å². The summed E-state index contributed by atoms with van der Waals surface area (Å²) in [5.41, 5.74) is 5.33. The van der Waals surface area contributed by atoms with Gasteiger partial charge in [0.25, 0.3) is 0 Å². The van der Waals surface area contributed by atoms with E-state index in [-0.39, 0.29) is 11.9 Å². The summed E-state index contributed by atoms with van der Waals surface area (Å²) < 4.78 is 16.4. The van der Waals surface area contributed by atoms with Crippen molar-refractivity contribution in [2.24, 2.45) is 12.9 Å². The van der Waals surface area contributed by atoms with Crippen LogP contribution in [0, 0.1) is 12.7 Å². The van der Waals surface area contributed by atoms with Crippen LogP contribution in [-0.4, -0.2) is 9.78 Å². The minimum atomic E-state index is -0.231. The van der Waals surface area contributed by atoms with E-state index in [4.69, 9.17) is 5.84 Å². The maximum absolute atomic E-state index is 13.8. The van der Waals surface area contributed by atoms with E-state index < -0.39 is 0 Å². The summed E-state index contributed by atoms with van der Waals surface area (Å²) in [5, 5.41) is 4.18. The monoisotopic (exact) mass is 326 g/mol. The second-order valence-electron chi connectivity index (χ2n) is 4.47. The van der Waals surface area contributed by atoms with Gasteiger partial charge in [-0.05, 0) is 37.1 Å². The maximum atomic E-state index is 13.8. The Morgan fingerprint density at radius 3 is 2.84 bits per heavy atom. The highest BCUT2D eigenvalue weighted by atomic mass is 79.9. The lowest BCUT2D eigenvalue weighted by Crippen LogP contribution is -2.30. The molecule has 2 aromatic rings. The molecule has 0 fully saturated rings. The van der Waals surface area contributed by atoms with E-state index in [1.807, 2.05) is 14.0 Å². The van der Waals surface area contributed by atoms with Crippen LogP contribution in [0.4, 0.5) is 4.39 Å². The maximum Gasteiger partial charge on any atom is 0.126 e. The highest BCUT2D eigenvalue weighted by molar-refractivity contribution is 9.10. The molecule has 4 nitrogen and oxygen atoms in total. The molecule has 1 aromatic heterocycles. The molecule has 0 aliphatic carbocycles. The normalized spacial score (nSPS) is 12.7. The molecular weight excluding hydrogens is 311 g/mol. The first-order valence-corrected chi connectivity index (χ1v) is 6.70. The van der Waals surface area contributed by atoms with E-state index in [0.717, 1.165) is 15.7 Å². The van der Waals surface area contributed by atoms with Crippen molar-refractivity contribution in [2.75, 3.05) is 0 Å². The zero-order valence-electron chi connectivity index (χ0n) is 10.8. The van der Waals surface area contributed by atoms with Gasteiger partial charge in [-0.25, -0.2) is 4.39 Å². The average molecular weight is 327 g/mol. The molecule has 1 aromatic carbocycles. The summed E-state index contributed by atoms with van der Waals surface area (Å²) >= 11 is 3.35. The van der Waals surface area contributed by atoms with E-state index in [1.54, 1.807) is 23.0 Å². The Kier molecular flexibility index (Phi) is 4.34. The lowest BCUT2D eigenvalue weighted by Gasteiger charge is -2.16. The SMILES string of the molecule is Cc1c(C(Cc2cc(Br)ccc2F)NN)cnn1C. The molecule has 3 N–H and O–H groups in total. The third-order valence-electron chi connectivity index (χ3n) is 3.28. The predicted octanol–water partition coefficient (Wildman–Crippen LogP) is 2.38. The number of aryl methyl sites for hydroxylation is 1.